The third kappa shape index (κ3) is 3.92. The van der Waals surface area contributed by atoms with Crippen molar-refractivity contribution in [1.82, 2.24) is 4.83 Å². The van der Waals surface area contributed by atoms with E-state index in [1.165, 1.54) is 24.3 Å². The van der Waals surface area contributed by atoms with Gasteiger partial charge < -0.3 is 0 Å². The van der Waals surface area contributed by atoms with Gasteiger partial charge in [-0.1, -0.05) is 36.8 Å². The highest BCUT2D eigenvalue weighted by Crippen LogP contribution is 2.11. The van der Waals surface area contributed by atoms with E-state index in [1.807, 2.05) is 13.8 Å². The van der Waals surface area contributed by atoms with Crippen LogP contribution in [-0.2, 0) is 10.0 Å². The molecule has 0 atom stereocenters. The molecule has 2 aromatic carbocycles. The summed E-state index contributed by atoms with van der Waals surface area (Å²) < 4.78 is 37.3. The van der Waals surface area contributed by atoms with Gasteiger partial charge in [0.15, 0.2) is 0 Å². The molecule has 6 heteroatoms. The van der Waals surface area contributed by atoms with Crippen LogP contribution in [0.5, 0.6) is 0 Å². The first-order valence-electron chi connectivity index (χ1n) is 6.83. The molecule has 0 radical (unpaired) electrons. The van der Waals surface area contributed by atoms with Crippen molar-refractivity contribution in [3.63, 3.8) is 0 Å². The number of hydrogen-bond acceptors (Lipinski definition) is 3. The minimum Gasteiger partial charge on any atom is -0.207 e. The molecule has 0 bridgehead atoms. The summed E-state index contributed by atoms with van der Waals surface area (Å²) in [6.45, 7) is 3.73. The molecule has 2 aromatic rings. The number of aryl methyl sites for hydroxylation is 1. The SMILES string of the molecule is CCC(=NNS(=O)(=O)c1ccc(C)cc1)c1ccc(F)cc1. The standard InChI is InChI=1S/C16H17FN2O2S/c1-3-16(13-6-8-14(17)9-7-13)18-19-22(20,21)15-10-4-12(2)5-11-15/h4-11,19H,3H2,1-2H3. The number of hydrazone groups is 1. The Morgan fingerprint density at radius 3 is 2.23 bits per heavy atom. The summed E-state index contributed by atoms with van der Waals surface area (Å²) >= 11 is 0. The van der Waals surface area contributed by atoms with Gasteiger partial charge in [-0.25, -0.2) is 4.39 Å². The minimum absolute atomic E-state index is 0.149. The second-order valence-corrected chi connectivity index (χ2v) is 6.49. The van der Waals surface area contributed by atoms with Crippen LogP contribution in [0.3, 0.4) is 0 Å². The maximum Gasteiger partial charge on any atom is 0.276 e. The molecule has 0 fully saturated rings. The Balaban J connectivity index is 2.24. The van der Waals surface area contributed by atoms with Crippen LogP contribution in [-0.4, -0.2) is 14.1 Å². The van der Waals surface area contributed by atoms with E-state index in [9.17, 15) is 12.8 Å². The zero-order valence-electron chi connectivity index (χ0n) is 12.4. The number of nitrogens with one attached hydrogen (secondary N) is 1. The van der Waals surface area contributed by atoms with Gasteiger partial charge in [0.05, 0.1) is 10.6 Å². The third-order valence-electron chi connectivity index (χ3n) is 3.14. The van der Waals surface area contributed by atoms with Crippen molar-refractivity contribution in [1.29, 1.82) is 0 Å². The Morgan fingerprint density at radius 1 is 1.09 bits per heavy atom. The highest BCUT2D eigenvalue weighted by Gasteiger charge is 2.13. The lowest BCUT2D eigenvalue weighted by Gasteiger charge is -2.07. The molecule has 4 nitrogen and oxygen atoms in total. The molecular weight excluding hydrogens is 303 g/mol. The average molecular weight is 320 g/mol. The van der Waals surface area contributed by atoms with Gasteiger partial charge in [-0.3, -0.25) is 0 Å². The summed E-state index contributed by atoms with van der Waals surface area (Å²) in [6, 6.07) is 12.3. The van der Waals surface area contributed by atoms with Crippen molar-refractivity contribution in [3.8, 4) is 0 Å². The Morgan fingerprint density at radius 2 is 1.68 bits per heavy atom. The van der Waals surface area contributed by atoms with Crippen LogP contribution in [0, 0.1) is 12.7 Å². The first-order valence-corrected chi connectivity index (χ1v) is 8.31. The molecule has 0 aliphatic carbocycles. The van der Waals surface area contributed by atoms with E-state index >= 15 is 0 Å². The molecule has 0 amide bonds. The first-order chi connectivity index (χ1) is 10.4. The van der Waals surface area contributed by atoms with E-state index in [2.05, 4.69) is 9.93 Å². The van der Waals surface area contributed by atoms with Crippen molar-refractivity contribution in [2.75, 3.05) is 0 Å². The number of hydrogen-bond donors (Lipinski definition) is 1. The normalized spacial score (nSPS) is 12.2. The monoisotopic (exact) mass is 320 g/mol. The van der Waals surface area contributed by atoms with Crippen molar-refractivity contribution in [2.45, 2.75) is 25.2 Å². The van der Waals surface area contributed by atoms with Gasteiger partial charge in [0, 0.05) is 0 Å². The molecule has 116 valence electrons. The highest BCUT2D eigenvalue weighted by atomic mass is 32.2. The molecule has 2 rings (SSSR count). The molecule has 0 saturated heterocycles. The van der Waals surface area contributed by atoms with Crippen LogP contribution in [0.1, 0.15) is 24.5 Å². The molecule has 0 aliphatic heterocycles. The van der Waals surface area contributed by atoms with Crippen molar-refractivity contribution in [2.24, 2.45) is 5.10 Å². The fourth-order valence-electron chi connectivity index (χ4n) is 1.88. The summed E-state index contributed by atoms with van der Waals surface area (Å²) in [5.74, 6) is -0.348. The largest absolute Gasteiger partial charge is 0.276 e. The van der Waals surface area contributed by atoms with Crippen LogP contribution in [0.15, 0.2) is 58.5 Å². The van der Waals surface area contributed by atoms with Gasteiger partial charge in [-0.2, -0.15) is 18.4 Å². The fraction of sp³-hybridized carbons (Fsp3) is 0.188. The highest BCUT2D eigenvalue weighted by molar-refractivity contribution is 7.89. The van der Waals surface area contributed by atoms with Crippen LogP contribution in [0.25, 0.3) is 0 Å². The second kappa shape index (κ2) is 6.70. The van der Waals surface area contributed by atoms with Gasteiger partial charge >= 0.3 is 0 Å². The van der Waals surface area contributed by atoms with Gasteiger partial charge in [0.2, 0.25) is 0 Å². The number of benzene rings is 2. The van der Waals surface area contributed by atoms with Gasteiger partial charge in [-0.05, 0) is 43.2 Å². The quantitative estimate of drug-likeness (QED) is 0.679. The summed E-state index contributed by atoms with van der Waals surface area (Å²) in [7, 11) is -3.71. The zero-order valence-corrected chi connectivity index (χ0v) is 13.2. The molecule has 0 heterocycles. The smallest absolute Gasteiger partial charge is 0.207 e. The van der Waals surface area contributed by atoms with Crippen LogP contribution >= 0.6 is 0 Å². The maximum absolute atomic E-state index is 12.9. The Labute approximate surface area is 129 Å². The number of halogens is 1. The summed E-state index contributed by atoms with van der Waals surface area (Å²) in [4.78, 5) is 2.37. The number of sulfonamides is 1. The first kappa shape index (κ1) is 16.2. The molecular formula is C16H17FN2O2S. The topological polar surface area (TPSA) is 58.5 Å². The van der Waals surface area contributed by atoms with Gasteiger partial charge in [0.25, 0.3) is 10.0 Å². The summed E-state index contributed by atoms with van der Waals surface area (Å²) in [5.41, 5.74) is 2.19. The van der Waals surface area contributed by atoms with Crippen molar-refractivity contribution < 1.29 is 12.8 Å². The zero-order chi connectivity index (χ0) is 16.2. The predicted molar refractivity (Wildman–Crippen MR) is 84.7 cm³/mol. The number of nitrogens with zero attached hydrogens (tertiary/aromatic N) is 1. The lowest BCUT2D eigenvalue weighted by molar-refractivity contribution is 0.584. The lowest BCUT2D eigenvalue weighted by Crippen LogP contribution is -2.20. The van der Waals surface area contributed by atoms with Gasteiger partial charge in [0.1, 0.15) is 5.82 Å². The number of rotatable bonds is 5. The second-order valence-electron chi connectivity index (χ2n) is 4.83. The molecule has 22 heavy (non-hydrogen) atoms. The Kier molecular flexibility index (Phi) is 4.92. The summed E-state index contributed by atoms with van der Waals surface area (Å²) in [6.07, 6.45) is 0.516. The molecule has 0 unspecified atom stereocenters. The lowest BCUT2D eigenvalue weighted by atomic mass is 10.1. The van der Waals surface area contributed by atoms with Crippen molar-refractivity contribution >= 4 is 15.7 Å². The molecule has 0 aliphatic rings. The Hall–Kier alpha value is -2.21. The van der Waals surface area contributed by atoms with E-state index in [0.717, 1.165) is 5.56 Å². The van der Waals surface area contributed by atoms with E-state index in [1.54, 1.807) is 24.3 Å². The molecule has 0 saturated carbocycles. The van der Waals surface area contributed by atoms with E-state index in [-0.39, 0.29) is 10.7 Å². The summed E-state index contributed by atoms with van der Waals surface area (Å²) in [5, 5.41) is 3.97. The van der Waals surface area contributed by atoms with Crippen LogP contribution < -0.4 is 4.83 Å². The predicted octanol–water partition coefficient (Wildman–Crippen LogP) is 3.23. The van der Waals surface area contributed by atoms with E-state index < -0.39 is 10.0 Å². The van der Waals surface area contributed by atoms with E-state index in [4.69, 9.17) is 0 Å². The molecule has 0 spiro atoms. The third-order valence-corrected chi connectivity index (χ3v) is 4.37. The van der Waals surface area contributed by atoms with Crippen molar-refractivity contribution in [3.05, 3.63) is 65.5 Å². The fourth-order valence-corrected chi connectivity index (χ4v) is 2.71. The van der Waals surface area contributed by atoms with Gasteiger partial charge in [-0.15, -0.1) is 0 Å². The van der Waals surface area contributed by atoms with E-state index in [0.29, 0.717) is 17.7 Å². The molecule has 1 N–H and O–H groups in total. The average Bonchev–Trinajstić information content (AvgIpc) is 2.50. The maximum atomic E-state index is 12.9. The minimum atomic E-state index is -3.71. The molecule has 0 aromatic heterocycles. The Bertz CT molecular complexity index is 767. The van der Waals surface area contributed by atoms with Crippen LogP contribution in [0.2, 0.25) is 0 Å². The van der Waals surface area contributed by atoms with Crippen LogP contribution in [0.4, 0.5) is 4.39 Å².